The number of benzene rings is 2. The van der Waals surface area contributed by atoms with Gasteiger partial charge in [0.15, 0.2) is 5.96 Å². The Morgan fingerprint density at radius 2 is 1.93 bits per heavy atom. The number of anilines is 1. The van der Waals surface area contributed by atoms with Crippen molar-refractivity contribution >= 4 is 17.6 Å². The zero-order valence-corrected chi connectivity index (χ0v) is 17.0. The van der Waals surface area contributed by atoms with Gasteiger partial charge in [-0.3, -0.25) is 9.79 Å². The molecule has 2 aromatic carbocycles. The number of nitrogens with one attached hydrogen (secondary N) is 3. The van der Waals surface area contributed by atoms with Gasteiger partial charge in [-0.05, 0) is 48.9 Å². The van der Waals surface area contributed by atoms with E-state index in [1.807, 2.05) is 30.3 Å². The van der Waals surface area contributed by atoms with Gasteiger partial charge >= 0.3 is 0 Å². The molecule has 0 aliphatic carbocycles. The minimum absolute atomic E-state index is 0.0662. The molecule has 154 valence electrons. The molecular weight excluding hydrogens is 364 g/mol. The molecule has 1 aliphatic rings. The molecule has 1 unspecified atom stereocenters. The van der Waals surface area contributed by atoms with Crippen LogP contribution in [0.5, 0.6) is 0 Å². The summed E-state index contributed by atoms with van der Waals surface area (Å²) in [4.78, 5) is 16.5. The zero-order valence-electron chi connectivity index (χ0n) is 17.0. The second kappa shape index (κ2) is 11.2. The number of nitrogens with zero attached hydrogens (tertiary/aromatic N) is 1. The van der Waals surface area contributed by atoms with Gasteiger partial charge in [0.25, 0.3) is 5.91 Å². The van der Waals surface area contributed by atoms with Crippen molar-refractivity contribution in [3.8, 4) is 0 Å². The molecule has 0 radical (unpaired) electrons. The Kier molecular flexibility index (Phi) is 8.07. The molecule has 1 fully saturated rings. The largest absolute Gasteiger partial charge is 0.368 e. The summed E-state index contributed by atoms with van der Waals surface area (Å²) in [7, 11) is 1.77. The van der Waals surface area contributed by atoms with Crippen LogP contribution in [-0.2, 0) is 22.5 Å². The van der Waals surface area contributed by atoms with Crippen molar-refractivity contribution in [3.63, 3.8) is 0 Å². The molecule has 6 nitrogen and oxygen atoms in total. The monoisotopic (exact) mass is 394 g/mol. The van der Waals surface area contributed by atoms with Gasteiger partial charge in [-0.2, -0.15) is 0 Å². The smallest absolute Gasteiger partial charge is 0.253 e. The predicted molar refractivity (Wildman–Crippen MR) is 117 cm³/mol. The first-order valence-electron chi connectivity index (χ1n) is 10.2. The van der Waals surface area contributed by atoms with E-state index in [1.54, 1.807) is 7.05 Å². The van der Waals surface area contributed by atoms with Crippen molar-refractivity contribution in [2.75, 3.05) is 25.5 Å². The van der Waals surface area contributed by atoms with Crippen molar-refractivity contribution in [1.29, 1.82) is 0 Å². The normalized spacial score (nSPS) is 16.4. The Hall–Kier alpha value is -2.86. The predicted octanol–water partition coefficient (Wildman–Crippen LogP) is 3.10. The van der Waals surface area contributed by atoms with Gasteiger partial charge in [0.1, 0.15) is 6.10 Å². The van der Waals surface area contributed by atoms with Crippen LogP contribution in [0.15, 0.2) is 59.6 Å². The van der Waals surface area contributed by atoms with Crippen molar-refractivity contribution in [3.05, 3.63) is 65.7 Å². The van der Waals surface area contributed by atoms with E-state index in [-0.39, 0.29) is 12.0 Å². The standard InChI is InChI=1S/C23H30N4O2/c1-24-23(25-14-6-11-18-8-3-2-4-9-18)26-17-19-10-5-12-20(16-19)27-22(28)21-13-7-15-29-21/h2-5,8-10,12,16,21H,6-7,11,13-15,17H2,1H3,(H,27,28)(H2,24,25,26). The van der Waals surface area contributed by atoms with E-state index in [1.165, 1.54) is 5.56 Å². The molecule has 1 atom stereocenters. The molecular formula is C23H30N4O2. The number of aryl methyl sites for hydroxylation is 1. The molecule has 3 N–H and O–H groups in total. The summed E-state index contributed by atoms with van der Waals surface area (Å²) in [6, 6.07) is 18.3. The average molecular weight is 395 g/mol. The third-order valence-corrected chi connectivity index (χ3v) is 4.88. The van der Waals surface area contributed by atoms with Crippen molar-refractivity contribution in [2.45, 2.75) is 38.3 Å². The minimum atomic E-state index is -0.323. The molecule has 0 bridgehead atoms. The highest BCUT2D eigenvalue weighted by atomic mass is 16.5. The lowest BCUT2D eigenvalue weighted by atomic mass is 10.1. The van der Waals surface area contributed by atoms with Crippen LogP contribution in [0.4, 0.5) is 5.69 Å². The maximum atomic E-state index is 12.2. The van der Waals surface area contributed by atoms with Gasteiger partial charge in [0.2, 0.25) is 0 Å². The van der Waals surface area contributed by atoms with E-state index in [0.717, 1.165) is 49.4 Å². The van der Waals surface area contributed by atoms with Crippen LogP contribution in [0.1, 0.15) is 30.4 Å². The number of guanidine groups is 1. The van der Waals surface area contributed by atoms with Crippen LogP contribution < -0.4 is 16.0 Å². The second-order valence-corrected chi connectivity index (χ2v) is 7.13. The first-order chi connectivity index (χ1) is 14.2. The first kappa shape index (κ1) is 20.9. The summed E-state index contributed by atoms with van der Waals surface area (Å²) < 4.78 is 5.44. The second-order valence-electron chi connectivity index (χ2n) is 7.13. The number of rotatable bonds is 8. The van der Waals surface area contributed by atoms with Crippen molar-refractivity contribution < 1.29 is 9.53 Å². The van der Waals surface area contributed by atoms with Crippen LogP contribution in [0, 0.1) is 0 Å². The van der Waals surface area contributed by atoms with Crippen LogP contribution in [0.2, 0.25) is 0 Å². The molecule has 0 aromatic heterocycles. The molecule has 1 heterocycles. The number of amides is 1. The third kappa shape index (κ3) is 6.91. The Bertz CT molecular complexity index is 802. The number of hydrogen-bond acceptors (Lipinski definition) is 3. The fourth-order valence-electron chi connectivity index (χ4n) is 3.32. The number of aliphatic imine (C=N–C) groups is 1. The fourth-order valence-corrected chi connectivity index (χ4v) is 3.32. The summed E-state index contributed by atoms with van der Waals surface area (Å²) in [6.45, 7) is 2.15. The van der Waals surface area contributed by atoms with Crippen LogP contribution in [-0.4, -0.2) is 38.2 Å². The summed E-state index contributed by atoms with van der Waals surface area (Å²) >= 11 is 0. The molecule has 29 heavy (non-hydrogen) atoms. The Morgan fingerprint density at radius 3 is 2.69 bits per heavy atom. The molecule has 2 aromatic rings. The van der Waals surface area contributed by atoms with E-state index in [9.17, 15) is 4.79 Å². The van der Waals surface area contributed by atoms with Crippen molar-refractivity contribution in [2.24, 2.45) is 4.99 Å². The maximum absolute atomic E-state index is 12.2. The van der Waals surface area contributed by atoms with Gasteiger partial charge in [-0.1, -0.05) is 42.5 Å². The summed E-state index contributed by atoms with van der Waals surface area (Å²) in [5, 5.41) is 9.61. The fraction of sp³-hybridized carbons (Fsp3) is 0.391. The van der Waals surface area contributed by atoms with E-state index in [4.69, 9.17) is 4.74 Å². The number of ether oxygens (including phenoxy) is 1. The SMILES string of the molecule is CN=C(NCCCc1ccccc1)NCc1cccc(NC(=O)C2CCCO2)c1. The lowest BCUT2D eigenvalue weighted by Crippen LogP contribution is -2.37. The van der Waals surface area contributed by atoms with Crippen LogP contribution in [0.25, 0.3) is 0 Å². The first-order valence-corrected chi connectivity index (χ1v) is 10.2. The Balaban J connectivity index is 1.41. The van der Waals surface area contributed by atoms with Gasteiger partial charge < -0.3 is 20.7 Å². The van der Waals surface area contributed by atoms with Gasteiger partial charge in [0.05, 0.1) is 0 Å². The Labute approximate surface area is 172 Å². The Morgan fingerprint density at radius 1 is 1.10 bits per heavy atom. The van der Waals surface area contributed by atoms with E-state index in [2.05, 4.69) is 45.2 Å². The van der Waals surface area contributed by atoms with E-state index >= 15 is 0 Å². The highest BCUT2D eigenvalue weighted by Crippen LogP contribution is 2.16. The molecule has 1 saturated heterocycles. The zero-order chi connectivity index (χ0) is 20.3. The molecule has 1 aliphatic heterocycles. The van der Waals surface area contributed by atoms with Gasteiger partial charge in [-0.25, -0.2) is 0 Å². The summed E-state index contributed by atoms with van der Waals surface area (Å²) in [5.74, 6) is 0.704. The molecule has 0 spiro atoms. The molecule has 3 rings (SSSR count). The van der Waals surface area contributed by atoms with Crippen molar-refractivity contribution in [1.82, 2.24) is 10.6 Å². The molecule has 1 amide bonds. The molecule has 6 heteroatoms. The highest BCUT2D eigenvalue weighted by molar-refractivity contribution is 5.94. The lowest BCUT2D eigenvalue weighted by Gasteiger charge is -2.14. The van der Waals surface area contributed by atoms with E-state index < -0.39 is 0 Å². The maximum Gasteiger partial charge on any atom is 0.253 e. The van der Waals surface area contributed by atoms with Gasteiger partial charge in [0, 0.05) is 32.4 Å². The topological polar surface area (TPSA) is 74.8 Å². The van der Waals surface area contributed by atoms with Gasteiger partial charge in [-0.15, -0.1) is 0 Å². The number of carbonyl (C=O) groups is 1. The number of hydrogen-bond donors (Lipinski definition) is 3. The van der Waals surface area contributed by atoms with E-state index in [0.29, 0.717) is 13.2 Å². The quantitative estimate of drug-likeness (QED) is 0.365. The molecule has 0 saturated carbocycles. The minimum Gasteiger partial charge on any atom is -0.368 e. The number of carbonyl (C=O) groups excluding carboxylic acids is 1. The third-order valence-electron chi connectivity index (χ3n) is 4.88. The van der Waals surface area contributed by atoms with Crippen LogP contribution >= 0.6 is 0 Å². The lowest BCUT2D eigenvalue weighted by molar-refractivity contribution is -0.124. The van der Waals surface area contributed by atoms with Crippen LogP contribution in [0.3, 0.4) is 0 Å². The summed E-state index contributed by atoms with van der Waals surface area (Å²) in [6.07, 6.45) is 3.49. The highest BCUT2D eigenvalue weighted by Gasteiger charge is 2.23. The average Bonchev–Trinajstić information content (AvgIpc) is 3.29. The summed E-state index contributed by atoms with van der Waals surface area (Å²) in [5.41, 5.74) is 3.21.